The Kier molecular flexibility index (Phi) is 4.13. The van der Waals surface area contributed by atoms with Crippen LogP contribution in [0, 0.1) is 6.92 Å². The zero-order valence-electron chi connectivity index (χ0n) is 10.8. The van der Waals surface area contributed by atoms with Crippen LogP contribution in [-0.2, 0) is 10.0 Å². The maximum Gasteiger partial charge on any atom is 0.337 e. The highest BCUT2D eigenvalue weighted by molar-refractivity contribution is 7.94. The van der Waals surface area contributed by atoms with Gasteiger partial charge in [0.15, 0.2) is 0 Å². The smallest absolute Gasteiger partial charge is 0.337 e. The number of benzene rings is 1. The number of hydrogen-bond donors (Lipinski definition) is 3. The zero-order valence-corrected chi connectivity index (χ0v) is 13.1. The topological polar surface area (TPSA) is 109 Å². The van der Waals surface area contributed by atoms with Crippen molar-refractivity contribution >= 4 is 50.3 Å². The minimum atomic E-state index is -3.90. The number of carboxylic acid groups (broad SMARTS) is 1. The van der Waals surface area contributed by atoms with Crippen LogP contribution < -0.4 is 10.5 Å². The molecule has 4 N–H and O–H groups in total. The summed E-state index contributed by atoms with van der Waals surface area (Å²) < 4.78 is 27.1. The highest BCUT2D eigenvalue weighted by Crippen LogP contribution is 2.32. The molecular weight excluding hydrogens is 336 g/mol. The number of sulfonamides is 1. The number of thiophene rings is 1. The Bertz CT molecular complexity index is 795. The Balaban J connectivity index is 2.44. The molecule has 2 rings (SSSR count). The number of nitrogen functional groups attached to an aromatic ring is 1. The molecule has 0 bridgehead atoms. The summed E-state index contributed by atoms with van der Waals surface area (Å²) in [5.74, 6) is -1.28. The van der Waals surface area contributed by atoms with E-state index in [0.717, 1.165) is 11.3 Å². The molecule has 1 aromatic carbocycles. The Labute approximate surface area is 130 Å². The maximum atomic E-state index is 12.2. The fourth-order valence-electron chi connectivity index (χ4n) is 1.59. The van der Waals surface area contributed by atoms with Crippen LogP contribution in [0.4, 0.5) is 11.4 Å². The van der Waals surface area contributed by atoms with Gasteiger partial charge in [0.25, 0.3) is 10.0 Å². The van der Waals surface area contributed by atoms with Crippen molar-refractivity contribution in [1.29, 1.82) is 0 Å². The van der Waals surface area contributed by atoms with E-state index < -0.39 is 16.0 Å². The molecule has 0 amide bonds. The summed E-state index contributed by atoms with van der Waals surface area (Å²) in [6.45, 7) is 1.68. The van der Waals surface area contributed by atoms with Crippen molar-refractivity contribution < 1.29 is 18.3 Å². The Morgan fingerprint density at radius 3 is 2.57 bits per heavy atom. The summed E-state index contributed by atoms with van der Waals surface area (Å²) in [7, 11) is -3.90. The van der Waals surface area contributed by atoms with Crippen LogP contribution in [0.15, 0.2) is 28.5 Å². The van der Waals surface area contributed by atoms with Crippen molar-refractivity contribution in [3.63, 3.8) is 0 Å². The zero-order chi connectivity index (χ0) is 15.8. The predicted octanol–water partition coefficient (Wildman–Crippen LogP) is 2.79. The van der Waals surface area contributed by atoms with Crippen molar-refractivity contribution in [2.24, 2.45) is 0 Å². The van der Waals surface area contributed by atoms with Crippen LogP contribution in [0.5, 0.6) is 0 Å². The summed E-state index contributed by atoms with van der Waals surface area (Å²) in [5, 5.41) is 9.10. The van der Waals surface area contributed by atoms with E-state index in [4.69, 9.17) is 22.4 Å². The summed E-state index contributed by atoms with van der Waals surface area (Å²) in [5.41, 5.74) is 6.09. The SMILES string of the molecule is Cc1cc(S(=O)(=O)Nc2ccc(N)cc2C(=O)O)sc1Cl. The van der Waals surface area contributed by atoms with Gasteiger partial charge in [0.2, 0.25) is 0 Å². The Hall–Kier alpha value is -1.77. The fourth-order valence-corrected chi connectivity index (χ4v) is 4.37. The number of nitrogens with one attached hydrogen (secondary N) is 1. The number of carboxylic acids is 1. The number of aryl methyl sites for hydroxylation is 1. The van der Waals surface area contributed by atoms with E-state index in [1.807, 2.05) is 0 Å². The highest BCUT2D eigenvalue weighted by atomic mass is 35.5. The van der Waals surface area contributed by atoms with Crippen LogP contribution in [-0.4, -0.2) is 19.5 Å². The molecule has 0 aliphatic carbocycles. The molecule has 112 valence electrons. The van der Waals surface area contributed by atoms with Crippen LogP contribution in [0.2, 0.25) is 4.34 Å². The number of aromatic carboxylic acids is 1. The first-order valence-corrected chi connectivity index (χ1v) is 8.30. The van der Waals surface area contributed by atoms with Gasteiger partial charge in [0, 0.05) is 5.69 Å². The van der Waals surface area contributed by atoms with Gasteiger partial charge in [0.05, 0.1) is 15.6 Å². The van der Waals surface area contributed by atoms with E-state index in [1.54, 1.807) is 6.92 Å². The largest absolute Gasteiger partial charge is 0.478 e. The molecule has 2 aromatic rings. The van der Waals surface area contributed by atoms with E-state index >= 15 is 0 Å². The molecule has 0 aliphatic heterocycles. The van der Waals surface area contributed by atoms with Crippen molar-refractivity contribution in [1.82, 2.24) is 0 Å². The molecule has 0 saturated carbocycles. The molecule has 1 aromatic heterocycles. The monoisotopic (exact) mass is 346 g/mol. The molecule has 0 aliphatic rings. The van der Waals surface area contributed by atoms with Crippen LogP contribution in [0.3, 0.4) is 0 Å². The van der Waals surface area contributed by atoms with E-state index in [1.165, 1.54) is 24.3 Å². The molecule has 0 spiro atoms. The lowest BCUT2D eigenvalue weighted by molar-refractivity contribution is 0.0698. The molecule has 0 unspecified atom stereocenters. The average Bonchev–Trinajstić information content (AvgIpc) is 2.72. The molecule has 1 heterocycles. The van der Waals surface area contributed by atoms with Crippen molar-refractivity contribution in [3.8, 4) is 0 Å². The van der Waals surface area contributed by atoms with Crippen molar-refractivity contribution in [2.75, 3.05) is 10.5 Å². The summed E-state index contributed by atoms with van der Waals surface area (Å²) in [4.78, 5) is 11.1. The van der Waals surface area contributed by atoms with Crippen molar-refractivity contribution in [2.45, 2.75) is 11.1 Å². The number of carbonyl (C=O) groups is 1. The van der Waals surface area contributed by atoms with E-state index in [9.17, 15) is 13.2 Å². The minimum absolute atomic E-state index is 0.0122. The number of anilines is 2. The highest BCUT2D eigenvalue weighted by Gasteiger charge is 2.21. The lowest BCUT2D eigenvalue weighted by Crippen LogP contribution is -2.14. The van der Waals surface area contributed by atoms with Crippen LogP contribution >= 0.6 is 22.9 Å². The molecule has 0 radical (unpaired) electrons. The lowest BCUT2D eigenvalue weighted by Gasteiger charge is -2.09. The first kappa shape index (κ1) is 15.6. The number of hydrogen-bond acceptors (Lipinski definition) is 5. The minimum Gasteiger partial charge on any atom is -0.478 e. The second kappa shape index (κ2) is 5.55. The number of rotatable bonds is 4. The molecule has 0 atom stereocenters. The van der Waals surface area contributed by atoms with Gasteiger partial charge >= 0.3 is 5.97 Å². The predicted molar refractivity (Wildman–Crippen MR) is 82.7 cm³/mol. The quantitative estimate of drug-likeness (QED) is 0.737. The lowest BCUT2D eigenvalue weighted by atomic mass is 10.1. The molecular formula is C12H11ClN2O4S2. The first-order chi connectivity index (χ1) is 9.70. The third kappa shape index (κ3) is 3.29. The van der Waals surface area contributed by atoms with Gasteiger partial charge in [-0.25, -0.2) is 13.2 Å². The standard InChI is InChI=1S/C12H11ClN2O4S2/c1-6-4-10(20-11(6)13)21(18,19)15-9-3-2-7(14)5-8(9)12(16)17/h2-5,15H,14H2,1H3,(H,16,17). The second-order valence-electron chi connectivity index (χ2n) is 4.24. The molecule has 6 nitrogen and oxygen atoms in total. The number of halogens is 1. The average molecular weight is 347 g/mol. The Morgan fingerprint density at radius 1 is 1.38 bits per heavy atom. The van der Waals surface area contributed by atoms with Gasteiger partial charge in [-0.1, -0.05) is 11.6 Å². The normalized spacial score (nSPS) is 11.3. The second-order valence-corrected chi connectivity index (χ2v) is 7.80. The van der Waals surface area contributed by atoms with Gasteiger partial charge < -0.3 is 10.8 Å². The van der Waals surface area contributed by atoms with Crippen LogP contribution in [0.1, 0.15) is 15.9 Å². The molecule has 0 fully saturated rings. The van der Waals surface area contributed by atoms with Gasteiger partial charge in [-0.3, -0.25) is 4.72 Å². The van der Waals surface area contributed by atoms with Gasteiger partial charge in [-0.15, -0.1) is 11.3 Å². The first-order valence-electron chi connectivity index (χ1n) is 5.62. The molecule has 21 heavy (non-hydrogen) atoms. The molecule has 0 saturated heterocycles. The van der Waals surface area contributed by atoms with E-state index in [-0.39, 0.29) is 21.1 Å². The van der Waals surface area contributed by atoms with E-state index in [2.05, 4.69) is 4.72 Å². The van der Waals surface area contributed by atoms with E-state index in [0.29, 0.717) is 9.90 Å². The summed E-state index contributed by atoms with van der Waals surface area (Å²) >= 11 is 6.76. The third-order valence-corrected chi connectivity index (χ3v) is 6.01. The third-order valence-electron chi connectivity index (χ3n) is 2.62. The summed E-state index contributed by atoms with van der Waals surface area (Å²) in [6, 6.07) is 5.33. The fraction of sp³-hybridized carbons (Fsp3) is 0.0833. The van der Waals surface area contributed by atoms with Crippen molar-refractivity contribution in [3.05, 3.63) is 39.7 Å². The van der Waals surface area contributed by atoms with Gasteiger partial charge in [-0.2, -0.15) is 0 Å². The van der Waals surface area contributed by atoms with Crippen LogP contribution in [0.25, 0.3) is 0 Å². The van der Waals surface area contributed by atoms with Gasteiger partial charge in [-0.05, 0) is 36.8 Å². The molecule has 9 heteroatoms. The Morgan fingerprint density at radius 2 is 2.05 bits per heavy atom. The van der Waals surface area contributed by atoms with Gasteiger partial charge in [0.1, 0.15) is 4.21 Å². The summed E-state index contributed by atoms with van der Waals surface area (Å²) in [6.07, 6.45) is 0. The maximum absolute atomic E-state index is 12.2. The number of nitrogens with two attached hydrogens (primary N) is 1.